The molecule has 4 rings (SSSR count). The highest BCUT2D eigenvalue weighted by Crippen LogP contribution is 2.36. The molecular weight excluding hydrogens is 348 g/mol. The fourth-order valence-corrected chi connectivity index (χ4v) is 3.23. The maximum absolute atomic E-state index is 6.03. The molecule has 0 amide bonds. The molecule has 0 aliphatic rings. The van der Waals surface area contributed by atoms with E-state index in [-0.39, 0.29) is 0 Å². The lowest BCUT2D eigenvalue weighted by atomic mass is 9.98. The van der Waals surface area contributed by atoms with Gasteiger partial charge in [0.1, 0.15) is 11.5 Å². The van der Waals surface area contributed by atoms with Gasteiger partial charge in [0, 0.05) is 15.6 Å². The Hall–Kier alpha value is -2.32. The number of hydrogen-bond donors (Lipinski definition) is 0. The van der Waals surface area contributed by atoms with Crippen molar-refractivity contribution in [1.29, 1.82) is 0 Å². The molecule has 0 saturated carbocycles. The van der Waals surface area contributed by atoms with Gasteiger partial charge in [0.25, 0.3) is 0 Å². The molecule has 3 aromatic carbocycles. The average molecular weight is 363 g/mol. The largest absolute Gasteiger partial charge is 0.461 e. The number of furan rings is 1. The van der Waals surface area contributed by atoms with Crippen LogP contribution in [-0.2, 0) is 0 Å². The number of halogens is 1. The van der Waals surface area contributed by atoms with Crippen LogP contribution in [0.1, 0.15) is 5.76 Å². The van der Waals surface area contributed by atoms with Crippen LogP contribution in [0.2, 0.25) is 0 Å². The molecule has 0 fully saturated rings. The van der Waals surface area contributed by atoms with Gasteiger partial charge < -0.3 is 4.42 Å². The highest BCUT2D eigenvalue weighted by atomic mass is 79.9. The van der Waals surface area contributed by atoms with Gasteiger partial charge in [-0.1, -0.05) is 70.5 Å². The van der Waals surface area contributed by atoms with Gasteiger partial charge in [-0.05, 0) is 41.5 Å². The van der Waals surface area contributed by atoms with E-state index in [0.29, 0.717) is 0 Å². The van der Waals surface area contributed by atoms with Crippen LogP contribution in [0, 0.1) is 6.92 Å². The van der Waals surface area contributed by atoms with Crippen molar-refractivity contribution in [2.75, 3.05) is 0 Å². The van der Waals surface area contributed by atoms with E-state index in [1.54, 1.807) is 0 Å². The van der Waals surface area contributed by atoms with E-state index in [1.165, 1.54) is 16.3 Å². The number of benzene rings is 3. The molecule has 2 heteroatoms. The summed E-state index contributed by atoms with van der Waals surface area (Å²) in [5.41, 5.74) is 3.45. The first-order valence-electron chi connectivity index (χ1n) is 7.57. The molecule has 0 aliphatic carbocycles. The maximum atomic E-state index is 6.03. The first-order chi connectivity index (χ1) is 11.2. The summed E-state index contributed by atoms with van der Waals surface area (Å²) >= 11 is 3.47. The summed E-state index contributed by atoms with van der Waals surface area (Å²) in [6.07, 6.45) is 0. The van der Waals surface area contributed by atoms with E-state index in [2.05, 4.69) is 76.6 Å². The van der Waals surface area contributed by atoms with E-state index in [1.807, 2.05) is 19.1 Å². The third-order valence-electron chi connectivity index (χ3n) is 4.13. The molecule has 0 aliphatic heterocycles. The fraction of sp³-hybridized carbons (Fsp3) is 0.0476. The highest BCUT2D eigenvalue weighted by Gasteiger charge is 2.13. The van der Waals surface area contributed by atoms with E-state index in [4.69, 9.17) is 4.42 Å². The van der Waals surface area contributed by atoms with Gasteiger partial charge in [-0.2, -0.15) is 0 Å². The molecule has 4 aromatic rings. The number of aryl methyl sites for hydroxylation is 1. The Morgan fingerprint density at radius 1 is 0.783 bits per heavy atom. The smallest absolute Gasteiger partial charge is 0.134 e. The standard InChI is InChI=1S/C21H15BrO/c1-14-20(13-21(23-14)16-9-11-17(22)12-10-16)19-8-4-6-15-5-2-3-7-18(15)19/h2-13H,1H3. The summed E-state index contributed by atoms with van der Waals surface area (Å²) in [6, 6.07) is 25.2. The molecule has 1 aromatic heterocycles. The lowest BCUT2D eigenvalue weighted by Gasteiger charge is -2.05. The van der Waals surface area contributed by atoms with Crippen molar-refractivity contribution in [3.8, 4) is 22.5 Å². The van der Waals surface area contributed by atoms with Crippen LogP contribution in [0.5, 0.6) is 0 Å². The maximum Gasteiger partial charge on any atom is 0.134 e. The Labute approximate surface area is 143 Å². The lowest BCUT2D eigenvalue weighted by molar-refractivity contribution is 0.549. The Kier molecular flexibility index (Phi) is 3.55. The van der Waals surface area contributed by atoms with Crippen LogP contribution in [0.25, 0.3) is 33.2 Å². The molecule has 1 nitrogen and oxygen atoms in total. The van der Waals surface area contributed by atoms with Crippen molar-refractivity contribution in [3.05, 3.63) is 83.0 Å². The van der Waals surface area contributed by atoms with Gasteiger partial charge in [-0.25, -0.2) is 0 Å². The summed E-state index contributed by atoms with van der Waals surface area (Å²) in [6.45, 7) is 2.03. The Balaban J connectivity index is 1.88. The molecule has 0 atom stereocenters. The van der Waals surface area contributed by atoms with Crippen molar-refractivity contribution in [2.24, 2.45) is 0 Å². The number of rotatable bonds is 2. The van der Waals surface area contributed by atoms with E-state index >= 15 is 0 Å². The summed E-state index contributed by atoms with van der Waals surface area (Å²) in [7, 11) is 0. The molecule has 1 heterocycles. The minimum Gasteiger partial charge on any atom is -0.461 e. The average Bonchev–Trinajstić information content (AvgIpc) is 2.96. The fourth-order valence-electron chi connectivity index (χ4n) is 2.97. The first kappa shape index (κ1) is 14.3. The summed E-state index contributed by atoms with van der Waals surface area (Å²) in [5, 5.41) is 2.50. The van der Waals surface area contributed by atoms with Gasteiger partial charge in [-0.15, -0.1) is 0 Å². The van der Waals surface area contributed by atoms with E-state index in [0.717, 1.165) is 27.1 Å². The second-order valence-corrected chi connectivity index (χ2v) is 6.53. The predicted molar refractivity (Wildman–Crippen MR) is 99.5 cm³/mol. The summed E-state index contributed by atoms with van der Waals surface area (Å²) in [4.78, 5) is 0. The van der Waals surface area contributed by atoms with Gasteiger partial charge >= 0.3 is 0 Å². The van der Waals surface area contributed by atoms with Crippen molar-refractivity contribution >= 4 is 26.7 Å². The topological polar surface area (TPSA) is 13.1 Å². The van der Waals surface area contributed by atoms with Crippen LogP contribution < -0.4 is 0 Å². The number of hydrogen-bond acceptors (Lipinski definition) is 1. The zero-order valence-corrected chi connectivity index (χ0v) is 14.3. The normalized spacial score (nSPS) is 11.0. The van der Waals surface area contributed by atoms with Crippen molar-refractivity contribution in [2.45, 2.75) is 6.92 Å². The van der Waals surface area contributed by atoms with Crippen LogP contribution in [-0.4, -0.2) is 0 Å². The number of fused-ring (bicyclic) bond motifs is 1. The Morgan fingerprint density at radius 2 is 1.52 bits per heavy atom. The van der Waals surface area contributed by atoms with Gasteiger partial charge in [0.05, 0.1) is 0 Å². The van der Waals surface area contributed by atoms with Crippen LogP contribution in [0.15, 0.2) is 81.7 Å². The lowest BCUT2D eigenvalue weighted by Crippen LogP contribution is -1.80. The quantitative estimate of drug-likeness (QED) is 0.380. The van der Waals surface area contributed by atoms with E-state index < -0.39 is 0 Å². The zero-order valence-electron chi connectivity index (χ0n) is 12.7. The monoisotopic (exact) mass is 362 g/mol. The first-order valence-corrected chi connectivity index (χ1v) is 8.36. The van der Waals surface area contributed by atoms with E-state index in [9.17, 15) is 0 Å². The molecule has 0 N–H and O–H groups in total. The molecule has 23 heavy (non-hydrogen) atoms. The predicted octanol–water partition coefficient (Wildman–Crippen LogP) is 6.84. The van der Waals surface area contributed by atoms with Crippen molar-refractivity contribution in [3.63, 3.8) is 0 Å². The second kappa shape index (κ2) is 5.71. The molecular formula is C21H15BrO. The Morgan fingerprint density at radius 3 is 2.35 bits per heavy atom. The summed E-state index contributed by atoms with van der Waals surface area (Å²) in [5.74, 6) is 1.84. The molecule has 0 unspecified atom stereocenters. The van der Waals surface area contributed by atoms with Crippen LogP contribution in [0.4, 0.5) is 0 Å². The minimum atomic E-state index is 0.901. The summed E-state index contributed by atoms with van der Waals surface area (Å²) < 4.78 is 7.10. The van der Waals surface area contributed by atoms with Gasteiger partial charge in [0.15, 0.2) is 0 Å². The third-order valence-corrected chi connectivity index (χ3v) is 4.65. The van der Waals surface area contributed by atoms with Crippen LogP contribution in [0.3, 0.4) is 0 Å². The molecule has 0 spiro atoms. The molecule has 0 bridgehead atoms. The third kappa shape index (κ3) is 2.60. The highest BCUT2D eigenvalue weighted by molar-refractivity contribution is 9.10. The second-order valence-electron chi connectivity index (χ2n) is 5.61. The van der Waals surface area contributed by atoms with Gasteiger partial charge in [0.2, 0.25) is 0 Å². The molecule has 0 radical (unpaired) electrons. The van der Waals surface area contributed by atoms with Crippen molar-refractivity contribution < 1.29 is 4.42 Å². The Bertz CT molecular complexity index is 975. The zero-order chi connectivity index (χ0) is 15.8. The molecule has 112 valence electrons. The minimum absolute atomic E-state index is 0.901. The SMILES string of the molecule is Cc1oc(-c2ccc(Br)cc2)cc1-c1cccc2ccccc12. The van der Waals surface area contributed by atoms with Crippen LogP contribution >= 0.6 is 15.9 Å². The van der Waals surface area contributed by atoms with Gasteiger partial charge in [-0.3, -0.25) is 0 Å². The van der Waals surface area contributed by atoms with Crippen molar-refractivity contribution in [1.82, 2.24) is 0 Å². The molecule has 0 saturated heterocycles.